The van der Waals surface area contributed by atoms with Crippen LogP contribution in [-0.2, 0) is 9.53 Å². The van der Waals surface area contributed by atoms with Crippen molar-refractivity contribution in [2.24, 2.45) is 5.92 Å². The highest BCUT2D eigenvalue weighted by atomic mass is 79.9. The van der Waals surface area contributed by atoms with Crippen molar-refractivity contribution in [3.05, 3.63) is 38.3 Å². The van der Waals surface area contributed by atoms with E-state index in [1.54, 1.807) is 6.07 Å². The second kappa shape index (κ2) is 5.03. The molecular formula is C11H10BrNO5. The lowest BCUT2D eigenvalue weighted by atomic mass is 9.94. The molecule has 96 valence electrons. The number of nitro benzene ring substituents is 1. The van der Waals surface area contributed by atoms with Crippen molar-refractivity contribution >= 4 is 27.6 Å². The number of ether oxygens (including phenoxy) is 1. The van der Waals surface area contributed by atoms with E-state index in [9.17, 15) is 14.9 Å². The quantitative estimate of drug-likeness (QED) is 0.683. The van der Waals surface area contributed by atoms with Gasteiger partial charge in [0.15, 0.2) is 0 Å². The van der Waals surface area contributed by atoms with Gasteiger partial charge < -0.3 is 9.84 Å². The van der Waals surface area contributed by atoms with Crippen LogP contribution < -0.4 is 0 Å². The molecule has 2 rings (SSSR count). The summed E-state index contributed by atoms with van der Waals surface area (Å²) in [5.74, 6) is -1.72. The highest BCUT2D eigenvalue weighted by Crippen LogP contribution is 2.39. The van der Waals surface area contributed by atoms with Crippen LogP contribution in [0.25, 0.3) is 0 Å². The monoisotopic (exact) mass is 315 g/mol. The van der Waals surface area contributed by atoms with E-state index >= 15 is 0 Å². The number of halogens is 1. The maximum absolute atomic E-state index is 11.1. The molecule has 1 heterocycles. The molecule has 0 bridgehead atoms. The SMILES string of the molecule is O=C(O)[C@H]1CCO[C@@H]1c1ccc(Br)cc1[N+](=O)[O-]. The Morgan fingerprint density at radius 2 is 2.28 bits per heavy atom. The minimum Gasteiger partial charge on any atom is -0.481 e. The molecule has 0 aliphatic carbocycles. The molecule has 0 aromatic heterocycles. The summed E-state index contributed by atoms with van der Waals surface area (Å²) in [7, 11) is 0. The van der Waals surface area contributed by atoms with Crippen LogP contribution in [0.3, 0.4) is 0 Å². The minimum atomic E-state index is -0.991. The van der Waals surface area contributed by atoms with E-state index in [2.05, 4.69) is 15.9 Å². The van der Waals surface area contributed by atoms with Gasteiger partial charge in [0.1, 0.15) is 6.10 Å². The standard InChI is InChI=1S/C11H10BrNO5/c12-6-1-2-7(9(5-6)13(16)17)10-8(11(14)15)3-4-18-10/h1-2,5,8,10H,3-4H2,(H,14,15)/t8-,10+/m0/s1. The van der Waals surface area contributed by atoms with Gasteiger partial charge >= 0.3 is 5.97 Å². The molecule has 18 heavy (non-hydrogen) atoms. The lowest BCUT2D eigenvalue weighted by molar-refractivity contribution is -0.386. The van der Waals surface area contributed by atoms with Crippen LogP contribution in [0.1, 0.15) is 18.1 Å². The summed E-state index contributed by atoms with van der Waals surface area (Å²) in [5, 5.41) is 20.1. The van der Waals surface area contributed by atoms with Gasteiger partial charge in [-0.05, 0) is 18.6 Å². The van der Waals surface area contributed by atoms with Crippen LogP contribution in [0.2, 0.25) is 0 Å². The lowest BCUT2D eigenvalue weighted by Gasteiger charge is -2.15. The molecule has 1 aliphatic rings. The van der Waals surface area contributed by atoms with E-state index in [4.69, 9.17) is 9.84 Å². The third-order valence-electron chi connectivity index (χ3n) is 2.90. The van der Waals surface area contributed by atoms with E-state index in [0.29, 0.717) is 23.1 Å². The first-order valence-corrected chi connectivity index (χ1v) is 6.08. The fraction of sp³-hybridized carbons (Fsp3) is 0.364. The second-order valence-electron chi connectivity index (χ2n) is 3.99. The molecule has 0 radical (unpaired) electrons. The summed E-state index contributed by atoms with van der Waals surface area (Å²) in [4.78, 5) is 21.5. The number of nitrogens with zero attached hydrogens (tertiary/aromatic N) is 1. The molecule has 1 aromatic carbocycles. The van der Waals surface area contributed by atoms with Crippen molar-refractivity contribution in [1.82, 2.24) is 0 Å². The Morgan fingerprint density at radius 1 is 1.56 bits per heavy atom. The molecule has 0 unspecified atom stereocenters. The predicted molar refractivity (Wildman–Crippen MR) is 65.2 cm³/mol. The number of nitro groups is 1. The number of hydrogen-bond donors (Lipinski definition) is 1. The molecule has 0 amide bonds. The maximum Gasteiger partial charge on any atom is 0.309 e. The van der Waals surface area contributed by atoms with Gasteiger partial charge in [-0.1, -0.05) is 15.9 Å². The van der Waals surface area contributed by atoms with Crippen molar-refractivity contribution in [1.29, 1.82) is 0 Å². The lowest BCUT2D eigenvalue weighted by Crippen LogP contribution is -2.18. The van der Waals surface area contributed by atoms with Gasteiger partial charge in [0.2, 0.25) is 0 Å². The third-order valence-corrected chi connectivity index (χ3v) is 3.40. The first-order valence-electron chi connectivity index (χ1n) is 5.29. The van der Waals surface area contributed by atoms with Crippen molar-refractivity contribution in [2.75, 3.05) is 6.61 Å². The summed E-state index contributed by atoms with van der Waals surface area (Å²) in [6.07, 6.45) is -0.385. The van der Waals surface area contributed by atoms with Crippen LogP contribution in [0.5, 0.6) is 0 Å². The van der Waals surface area contributed by atoms with Crippen LogP contribution in [0.15, 0.2) is 22.7 Å². The van der Waals surface area contributed by atoms with Crippen molar-refractivity contribution < 1.29 is 19.6 Å². The first kappa shape index (κ1) is 13.0. The Hall–Kier alpha value is -1.47. The average molecular weight is 316 g/mol. The van der Waals surface area contributed by atoms with Gasteiger partial charge in [0.25, 0.3) is 5.69 Å². The number of carboxylic acid groups (broad SMARTS) is 1. The molecular weight excluding hydrogens is 306 g/mol. The Balaban J connectivity index is 2.44. The highest BCUT2D eigenvalue weighted by Gasteiger charge is 2.38. The molecule has 0 saturated carbocycles. The normalized spacial score (nSPS) is 22.9. The summed E-state index contributed by atoms with van der Waals surface area (Å²) in [5.41, 5.74) is 0.190. The molecule has 2 atom stereocenters. The van der Waals surface area contributed by atoms with Crippen LogP contribution in [-0.4, -0.2) is 22.6 Å². The van der Waals surface area contributed by atoms with Crippen LogP contribution in [0.4, 0.5) is 5.69 Å². The van der Waals surface area contributed by atoms with Crippen LogP contribution >= 0.6 is 15.9 Å². The number of carboxylic acids is 1. The zero-order valence-corrected chi connectivity index (χ0v) is 10.8. The van der Waals surface area contributed by atoms with Gasteiger partial charge in [-0.3, -0.25) is 14.9 Å². The number of carbonyl (C=O) groups is 1. The molecule has 1 N–H and O–H groups in total. The van der Waals surface area contributed by atoms with E-state index in [0.717, 1.165) is 0 Å². The van der Waals surface area contributed by atoms with Gasteiger partial charge in [-0.15, -0.1) is 0 Å². The maximum atomic E-state index is 11.1. The van der Waals surface area contributed by atoms with Crippen molar-refractivity contribution in [2.45, 2.75) is 12.5 Å². The minimum absolute atomic E-state index is 0.123. The highest BCUT2D eigenvalue weighted by molar-refractivity contribution is 9.10. The summed E-state index contributed by atoms with van der Waals surface area (Å²) in [6, 6.07) is 4.53. The molecule has 1 aliphatic heterocycles. The fourth-order valence-corrected chi connectivity index (χ4v) is 2.41. The molecule has 6 nitrogen and oxygen atoms in total. The summed E-state index contributed by atoms with van der Waals surface area (Å²) >= 11 is 3.16. The smallest absolute Gasteiger partial charge is 0.309 e. The van der Waals surface area contributed by atoms with Gasteiger partial charge in [-0.2, -0.15) is 0 Å². The average Bonchev–Trinajstić information content (AvgIpc) is 2.77. The molecule has 1 aromatic rings. The number of hydrogen-bond acceptors (Lipinski definition) is 4. The Morgan fingerprint density at radius 3 is 2.89 bits per heavy atom. The molecule has 1 fully saturated rings. The molecule has 7 heteroatoms. The molecule has 0 spiro atoms. The third kappa shape index (κ3) is 2.37. The zero-order valence-electron chi connectivity index (χ0n) is 9.21. The Bertz CT molecular complexity index is 504. The number of aliphatic carboxylic acids is 1. The van der Waals surface area contributed by atoms with Crippen LogP contribution in [0, 0.1) is 16.0 Å². The largest absolute Gasteiger partial charge is 0.481 e. The van der Waals surface area contributed by atoms with E-state index in [-0.39, 0.29) is 5.69 Å². The summed E-state index contributed by atoms with van der Waals surface area (Å²) in [6.45, 7) is 0.300. The van der Waals surface area contributed by atoms with Crippen molar-refractivity contribution in [3.8, 4) is 0 Å². The van der Waals surface area contributed by atoms with E-state index < -0.39 is 22.9 Å². The van der Waals surface area contributed by atoms with Gasteiger partial charge in [-0.25, -0.2) is 0 Å². The first-order chi connectivity index (χ1) is 8.50. The van der Waals surface area contributed by atoms with Gasteiger partial charge in [0.05, 0.1) is 16.4 Å². The Kier molecular flexibility index (Phi) is 3.63. The fourth-order valence-electron chi connectivity index (χ4n) is 2.06. The zero-order chi connectivity index (χ0) is 13.3. The van der Waals surface area contributed by atoms with E-state index in [1.165, 1.54) is 12.1 Å². The second-order valence-corrected chi connectivity index (χ2v) is 4.90. The molecule has 1 saturated heterocycles. The van der Waals surface area contributed by atoms with Crippen molar-refractivity contribution in [3.63, 3.8) is 0 Å². The van der Waals surface area contributed by atoms with Gasteiger partial charge in [0, 0.05) is 17.1 Å². The number of rotatable bonds is 3. The Labute approximate surface area is 111 Å². The summed E-state index contributed by atoms with van der Waals surface area (Å²) < 4.78 is 5.92. The predicted octanol–water partition coefficient (Wildman–Crippen LogP) is 2.52. The van der Waals surface area contributed by atoms with E-state index in [1.807, 2.05) is 0 Å². The number of benzene rings is 1. The topological polar surface area (TPSA) is 89.7 Å².